The van der Waals surface area contributed by atoms with Gasteiger partial charge in [0, 0.05) is 33.4 Å². The summed E-state index contributed by atoms with van der Waals surface area (Å²) >= 11 is 0. The van der Waals surface area contributed by atoms with Crippen LogP contribution in [0.5, 0.6) is 0 Å². The zero-order valence-electron chi connectivity index (χ0n) is 51.7. The molecule has 0 unspecified atom stereocenters. The summed E-state index contributed by atoms with van der Waals surface area (Å²) in [5.74, 6) is 19.9. The predicted molar refractivity (Wildman–Crippen MR) is 348 cm³/mol. The Labute approximate surface area is 522 Å². The molecule has 0 saturated carbocycles. The average Bonchev–Trinajstić information content (AvgIpc) is 1.59. The number of aryl methyl sites for hydroxylation is 4. The molecule has 86 heavy (non-hydrogen) atoms. The Hall–Kier alpha value is -8.09. The number of allylic oxidation sites excluding steroid dienone is 4. The fourth-order valence-electron chi connectivity index (χ4n) is 11.3. The van der Waals surface area contributed by atoms with Crippen LogP contribution in [0.3, 0.4) is 0 Å². The third kappa shape index (κ3) is 14.2. The van der Waals surface area contributed by atoms with Gasteiger partial charge in [-0.05, 0) is 193 Å². The first-order valence-electron chi connectivity index (χ1n) is 29.4. The van der Waals surface area contributed by atoms with Crippen molar-refractivity contribution in [2.24, 2.45) is 0 Å². The first-order chi connectivity index (χ1) is 40.4. The minimum absolute atomic E-state index is 0. The van der Waals surface area contributed by atoms with E-state index in [1.165, 1.54) is 44.5 Å². The molecule has 4 nitrogen and oxygen atoms in total. The van der Waals surface area contributed by atoms with Gasteiger partial charge in [-0.3, -0.25) is 0 Å². The van der Waals surface area contributed by atoms with Gasteiger partial charge in [0.05, 0.1) is 22.8 Å². The van der Waals surface area contributed by atoms with E-state index in [0.717, 1.165) is 137 Å². The average molecular weight is 1330 g/mol. The second kappa shape index (κ2) is 26.3. The number of fused-ring (bicyclic) bond motifs is 8. The van der Waals surface area contributed by atoms with Crippen LogP contribution in [0.2, 0.25) is 0 Å². The molecule has 0 amide bonds. The minimum Gasteiger partial charge on any atom is -0.657 e. The van der Waals surface area contributed by atoms with Crippen LogP contribution in [0.4, 0.5) is 17.3 Å². The predicted octanol–water partition coefficient (Wildman–Crippen LogP) is 19.4. The summed E-state index contributed by atoms with van der Waals surface area (Å²) in [5, 5.41) is 0. The van der Waals surface area contributed by atoms with E-state index >= 15 is 0 Å². The summed E-state index contributed by atoms with van der Waals surface area (Å²) < 4.78 is 39.0. The summed E-state index contributed by atoms with van der Waals surface area (Å²) in [5.41, 5.74) is 29.8. The molecule has 2 aliphatic rings. The minimum atomic E-state index is -6.00. The SMILES string of the molecule is CCC1=C(C)c2nc1cc1[n-]c(c(C)c1CC)c(-c1ccc(C#Cc3ccc(C#Cc4ccc(C#Cc5ccccc5)cc4)cc3)cc1)c1nc(cc3[n-]c(c(C)c3CC)c2-c2cc(C(C)(C)C)cc(C(C)(C)C)c2)C(CC)=C1C.F[B-](F)(F)F.[Au+3]. The van der Waals surface area contributed by atoms with E-state index in [4.69, 9.17) is 19.9 Å². The molecule has 0 aliphatic carbocycles. The molecular weight excluding hydrogens is 1250 g/mol. The number of rotatable bonds is 6. The van der Waals surface area contributed by atoms with E-state index in [9.17, 15) is 17.3 Å². The van der Waals surface area contributed by atoms with Gasteiger partial charge in [-0.1, -0.05) is 188 Å². The summed E-state index contributed by atoms with van der Waals surface area (Å²) in [6.07, 6.45) is 3.32. The molecule has 0 saturated heterocycles. The molecule has 5 aromatic carbocycles. The molecule has 8 aromatic rings. The Morgan fingerprint density at radius 3 is 1.05 bits per heavy atom. The Kier molecular flexibility index (Phi) is 19.5. The Morgan fingerprint density at radius 1 is 0.419 bits per heavy atom. The fraction of sp³-hybridized carbons (Fsp3) is 0.263. The maximum atomic E-state index is 9.75. The molecule has 5 heterocycles. The first-order valence-corrected chi connectivity index (χ1v) is 29.4. The fourth-order valence-corrected chi connectivity index (χ4v) is 11.3. The van der Waals surface area contributed by atoms with Gasteiger partial charge in [0.25, 0.3) is 0 Å². The van der Waals surface area contributed by atoms with Crippen molar-refractivity contribution in [3.05, 3.63) is 223 Å². The quantitative estimate of drug-likeness (QED) is 0.0946. The van der Waals surface area contributed by atoms with Gasteiger partial charge in [-0.2, -0.15) is 0 Å². The summed E-state index contributed by atoms with van der Waals surface area (Å²) in [6.45, 7) is 31.8. The molecule has 0 spiro atoms. The standard InChI is InChI=1S/C76H72N4.Au.BF4/c1-15-61-47(5)71-69(57-40-38-56(39-41-57)37-36-55-34-32-54(33-35-55)31-30-53-28-26-52(27-29-53)25-24-51-22-20-19-21-23-51)72-48(6)62(16-2)66(78-72)46-68-64(18-4)50(8)74(80-68)70(73-49(7)63(17-3)67(79-73)45-65(61)77-71)58-42-59(75(9,10)11)44-60(43-58)76(12,13)14;;2-1(3,4)5/h19-23,26-29,32-35,38-46H,15-18H2,1-14H3;;/q-2;+3;-1. The van der Waals surface area contributed by atoms with Crippen LogP contribution in [0, 0.1) is 49.4 Å². The van der Waals surface area contributed by atoms with Gasteiger partial charge >= 0.3 is 29.6 Å². The van der Waals surface area contributed by atoms with Crippen molar-refractivity contribution in [1.29, 1.82) is 0 Å². The number of nitrogens with zero attached hydrogens (tertiary/aromatic N) is 4. The normalized spacial score (nSPS) is 12.3. The van der Waals surface area contributed by atoms with Gasteiger partial charge in [-0.15, -0.1) is 22.1 Å². The molecule has 10 rings (SSSR count). The molecule has 2 aliphatic heterocycles. The molecule has 0 fully saturated rings. The van der Waals surface area contributed by atoms with Crippen molar-refractivity contribution in [2.75, 3.05) is 0 Å². The molecule has 8 bridgehead atoms. The van der Waals surface area contributed by atoms with E-state index in [0.29, 0.717) is 0 Å². The smallest absolute Gasteiger partial charge is 0.657 e. The van der Waals surface area contributed by atoms with Gasteiger partial charge in [0.1, 0.15) is 0 Å². The maximum absolute atomic E-state index is 9.75. The van der Waals surface area contributed by atoms with Crippen LogP contribution in [0.15, 0.2) is 133 Å². The van der Waals surface area contributed by atoms with E-state index in [1.807, 2.05) is 78.9 Å². The van der Waals surface area contributed by atoms with E-state index in [-0.39, 0.29) is 33.2 Å². The Bertz CT molecular complexity index is 4280. The topological polar surface area (TPSA) is 54.0 Å². The molecular formula is C76H72AuBF4N4. The number of hydrogen-bond donors (Lipinski definition) is 0. The first kappa shape index (κ1) is 63.9. The third-order valence-corrected chi connectivity index (χ3v) is 16.0. The molecule has 10 heteroatoms. The van der Waals surface area contributed by atoms with E-state index in [1.54, 1.807) is 0 Å². The summed E-state index contributed by atoms with van der Waals surface area (Å²) in [6, 6.07) is 46.6. The second-order valence-corrected chi connectivity index (χ2v) is 23.9. The van der Waals surface area contributed by atoms with Crippen LogP contribution < -0.4 is 9.97 Å². The summed E-state index contributed by atoms with van der Waals surface area (Å²) in [7, 11) is -6.00. The van der Waals surface area contributed by atoms with Crippen molar-refractivity contribution in [1.82, 2.24) is 19.9 Å². The zero-order valence-corrected chi connectivity index (χ0v) is 53.9. The van der Waals surface area contributed by atoms with Crippen molar-refractivity contribution < 1.29 is 39.6 Å². The summed E-state index contributed by atoms with van der Waals surface area (Å²) in [4.78, 5) is 22.7. The third-order valence-electron chi connectivity index (χ3n) is 16.0. The van der Waals surface area contributed by atoms with Gasteiger partial charge in [0.15, 0.2) is 0 Å². The molecule has 0 N–H and O–H groups in total. The van der Waals surface area contributed by atoms with Gasteiger partial charge < -0.3 is 27.2 Å². The molecule has 0 radical (unpaired) electrons. The van der Waals surface area contributed by atoms with Crippen molar-refractivity contribution >= 4 is 51.6 Å². The maximum Gasteiger partial charge on any atom is 3.00 e. The second-order valence-electron chi connectivity index (χ2n) is 23.9. The number of halogens is 4. The Balaban J connectivity index is 0.00000154. The van der Waals surface area contributed by atoms with E-state index < -0.39 is 7.25 Å². The van der Waals surface area contributed by atoms with Crippen LogP contribution in [0.1, 0.15) is 185 Å². The van der Waals surface area contributed by atoms with E-state index in [2.05, 4.69) is 187 Å². The van der Waals surface area contributed by atoms with Crippen molar-refractivity contribution in [2.45, 2.75) is 133 Å². The van der Waals surface area contributed by atoms with Crippen molar-refractivity contribution in [3.63, 3.8) is 0 Å². The van der Waals surface area contributed by atoms with Gasteiger partial charge in [0.2, 0.25) is 0 Å². The van der Waals surface area contributed by atoms with Crippen LogP contribution in [0.25, 0.3) is 66.6 Å². The Morgan fingerprint density at radius 2 is 0.733 bits per heavy atom. The zero-order chi connectivity index (χ0) is 61.1. The number of hydrogen-bond acceptors (Lipinski definition) is 2. The van der Waals surface area contributed by atoms with Crippen LogP contribution in [-0.2, 0) is 46.1 Å². The number of aromatic nitrogens is 4. The monoisotopic (exact) mass is 1320 g/mol. The molecule has 3 aromatic heterocycles. The molecule has 438 valence electrons. The number of benzene rings is 5. The largest absolute Gasteiger partial charge is 3.00 e. The van der Waals surface area contributed by atoms with Crippen LogP contribution >= 0.6 is 0 Å². The van der Waals surface area contributed by atoms with Crippen molar-refractivity contribution in [3.8, 4) is 57.8 Å². The molecule has 0 atom stereocenters. The van der Waals surface area contributed by atoms with Gasteiger partial charge in [-0.25, -0.2) is 9.97 Å². The van der Waals surface area contributed by atoms with Crippen LogP contribution in [-0.4, -0.2) is 17.2 Å².